The van der Waals surface area contributed by atoms with Gasteiger partial charge in [0.2, 0.25) is 17.8 Å². The van der Waals surface area contributed by atoms with Gasteiger partial charge in [-0.15, -0.1) is 0 Å². The van der Waals surface area contributed by atoms with Crippen molar-refractivity contribution in [1.82, 2.24) is 9.97 Å². The van der Waals surface area contributed by atoms with Crippen LogP contribution in [0, 0.1) is 5.92 Å². The zero-order chi connectivity index (χ0) is 21.4. The highest BCUT2D eigenvalue weighted by Gasteiger charge is 2.35. The molecule has 1 unspecified atom stereocenters. The van der Waals surface area contributed by atoms with Gasteiger partial charge in [0.25, 0.3) is 5.56 Å². The number of piperidine rings is 1. The van der Waals surface area contributed by atoms with Crippen LogP contribution in [0.15, 0.2) is 23.0 Å². The van der Waals surface area contributed by atoms with Crippen molar-refractivity contribution in [2.75, 3.05) is 28.6 Å². The Bertz CT molecular complexity index is 1060. The second-order valence-corrected chi connectivity index (χ2v) is 8.56. The largest absolute Gasteiger partial charge is 0.342 e. The maximum Gasteiger partial charge on any atom is 0.258 e. The van der Waals surface area contributed by atoms with E-state index >= 15 is 0 Å². The number of carbonyl (C=O) groups excluding carboxylic acids is 2. The molecular weight excluding hydrogens is 429 g/mol. The molecule has 0 spiro atoms. The molecule has 1 fully saturated rings. The van der Waals surface area contributed by atoms with Crippen LogP contribution < -0.4 is 21.1 Å². The predicted octanol–water partition coefficient (Wildman–Crippen LogP) is 3.38. The van der Waals surface area contributed by atoms with E-state index in [1.54, 1.807) is 12.1 Å². The van der Waals surface area contributed by atoms with Gasteiger partial charge >= 0.3 is 0 Å². The van der Waals surface area contributed by atoms with Crippen molar-refractivity contribution in [1.29, 1.82) is 0 Å². The molecule has 1 aromatic heterocycles. The van der Waals surface area contributed by atoms with E-state index in [4.69, 9.17) is 23.2 Å². The molecule has 2 aromatic rings. The molecule has 1 aromatic carbocycles. The standard InChI is InChI=1S/C20H21Cl2N5O3/c1-10-4-6-27(7-5-10)20-25-17-16(19(30)26-20)12(9-15(28)24-17)18(29)23-11-2-3-13(21)14(22)8-11/h2-3,8,10,12H,4-7,9H2,1H3,(H,23,29)(H2,24,25,26,28,30). The van der Waals surface area contributed by atoms with Crippen LogP contribution in [0.1, 0.15) is 37.7 Å². The number of carbonyl (C=O) groups is 2. The average molecular weight is 450 g/mol. The topological polar surface area (TPSA) is 107 Å². The molecule has 0 saturated carbocycles. The van der Waals surface area contributed by atoms with Crippen molar-refractivity contribution in [2.24, 2.45) is 5.92 Å². The Balaban J connectivity index is 1.62. The van der Waals surface area contributed by atoms with Crippen LogP contribution in [0.5, 0.6) is 0 Å². The minimum absolute atomic E-state index is 0.137. The number of amides is 2. The van der Waals surface area contributed by atoms with Gasteiger partial charge in [0, 0.05) is 25.2 Å². The number of rotatable bonds is 3. The molecule has 0 aliphatic carbocycles. The fraction of sp³-hybridized carbons (Fsp3) is 0.400. The molecule has 0 radical (unpaired) electrons. The second kappa shape index (κ2) is 8.28. The third-order valence-corrected chi connectivity index (χ3v) is 6.26. The van der Waals surface area contributed by atoms with Crippen LogP contribution in [-0.2, 0) is 9.59 Å². The molecule has 4 rings (SSSR count). The fourth-order valence-electron chi connectivity index (χ4n) is 3.76. The summed E-state index contributed by atoms with van der Waals surface area (Å²) in [6, 6.07) is 4.66. The van der Waals surface area contributed by atoms with E-state index < -0.39 is 17.4 Å². The summed E-state index contributed by atoms with van der Waals surface area (Å²) in [7, 11) is 0. The Kier molecular flexibility index (Phi) is 5.71. The zero-order valence-corrected chi connectivity index (χ0v) is 17.8. The van der Waals surface area contributed by atoms with Crippen molar-refractivity contribution in [3.8, 4) is 0 Å². The molecule has 3 heterocycles. The van der Waals surface area contributed by atoms with Gasteiger partial charge < -0.3 is 15.5 Å². The number of nitrogens with one attached hydrogen (secondary N) is 3. The molecular formula is C20H21Cl2N5O3. The van der Waals surface area contributed by atoms with E-state index in [-0.39, 0.29) is 28.7 Å². The average Bonchev–Trinajstić information content (AvgIpc) is 2.70. The zero-order valence-electron chi connectivity index (χ0n) is 16.3. The molecule has 2 amide bonds. The number of aromatic nitrogens is 2. The Labute approximate surface area is 183 Å². The first-order chi connectivity index (χ1) is 14.3. The van der Waals surface area contributed by atoms with Gasteiger partial charge in [0.1, 0.15) is 5.82 Å². The Morgan fingerprint density at radius 1 is 1.20 bits per heavy atom. The molecule has 3 N–H and O–H groups in total. The van der Waals surface area contributed by atoms with E-state index in [1.165, 1.54) is 6.07 Å². The van der Waals surface area contributed by atoms with Crippen LogP contribution >= 0.6 is 23.2 Å². The Morgan fingerprint density at radius 3 is 2.63 bits per heavy atom. The summed E-state index contributed by atoms with van der Waals surface area (Å²) < 4.78 is 0. The Morgan fingerprint density at radius 2 is 1.93 bits per heavy atom. The highest BCUT2D eigenvalue weighted by molar-refractivity contribution is 6.42. The van der Waals surface area contributed by atoms with E-state index in [0.29, 0.717) is 22.6 Å². The number of hydrogen-bond acceptors (Lipinski definition) is 5. The van der Waals surface area contributed by atoms with Crippen LogP contribution in [0.2, 0.25) is 10.0 Å². The first kappa shape index (κ1) is 20.7. The number of hydrogen-bond donors (Lipinski definition) is 3. The van der Waals surface area contributed by atoms with Gasteiger partial charge in [0.15, 0.2) is 0 Å². The lowest BCUT2D eigenvalue weighted by atomic mass is 9.92. The lowest BCUT2D eigenvalue weighted by Crippen LogP contribution is -2.39. The van der Waals surface area contributed by atoms with Gasteiger partial charge in [-0.25, -0.2) is 0 Å². The smallest absolute Gasteiger partial charge is 0.258 e. The number of anilines is 3. The van der Waals surface area contributed by atoms with Crippen LogP contribution in [-0.4, -0.2) is 34.9 Å². The number of halogens is 2. The summed E-state index contributed by atoms with van der Waals surface area (Å²) in [6.45, 7) is 3.74. The molecule has 30 heavy (non-hydrogen) atoms. The van der Waals surface area contributed by atoms with Crippen molar-refractivity contribution in [3.05, 3.63) is 44.2 Å². The van der Waals surface area contributed by atoms with E-state index in [0.717, 1.165) is 25.9 Å². The number of aromatic amines is 1. The highest BCUT2D eigenvalue weighted by atomic mass is 35.5. The number of nitrogens with zero attached hydrogens (tertiary/aromatic N) is 2. The van der Waals surface area contributed by atoms with Gasteiger partial charge in [-0.2, -0.15) is 4.98 Å². The maximum absolute atomic E-state index is 12.9. The lowest BCUT2D eigenvalue weighted by Gasteiger charge is -2.31. The van der Waals surface area contributed by atoms with Crippen molar-refractivity contribution in [3.63, 3.8) is 0 Å². The fourth-order valence-corrected chi connectivity index (χ4v) is 4.05. The Hall–Kier alpha value is -2.58. The molecule has 0 bridgehead atoms. The third-order valence-electron chi connectivity index (χ3n) is 5.53. The molecule has 2 aliphatic heterocycles. The van der Waals surface area contributed by atoms with Gasteiger partial charge in [-0.3, -0.25) is 19.4 Å². The van der Waals surface area contributed by atoms with Gasteiger partial charge in [0.05, 0.1) is 21.5 Å². The first-order valence-electron chi connectivity index (χ1n) is 9.76. The maximum atomic E-state index is 12.9. The lowest BCUT2D eigenvalue weighted by molar-refractivity contribution is -0.123. The summed E-state index contributed by atoms with van der Waals surface area (Å²) in [5.74, 6) is -0.645. The molecule has 158 valence electrons. The molecule has 8 nitrogen and oxygen atoms in total. The van der Waals surface area contributed by atoms with E-state index in [1.807, 2.05) is 4.90 Å². The minimum atomic E-state index is -0.963. The SMILES string of the molecule is CC1CCN(c2nc3c(c(=O)[nH]2)C(C(=O)Nc2ccc(Cl)c(Cl)c2)CC(=O)N3)CC1. The molecule has 1 atom stereocenters. The van der Waals surface area contributed by atoms with Crippen LogP contribution in [0.3, 0.4) is 0 Å². The third kappa shape index (κ3) is 4.15. The first-order valence-corrected chi connectivity index (χ1v) is 10.5. The number of H-pyrrole nitrogens is 1. The summed E-state index contributed by atoms with van der Waals surface area (Å²) in [6.07, 6.45) is 1.86. The second-order valence-electron chi connectivity index (χ2n) is 7.74. The summed E-state index contributed by atoms with van der Waals surface area (Å²) in [5.41, 5.74) is 0.148. The number of fused-ring (bicyclic) bond motifs is 1. The summed E-state index contributed by atoms with van der Waals surface area (Å²) >= 11 is 11.9. The van der Waals surface area contributed by atoms with Crippen LogP contribution in [0.4, 0.5) is 17.5 Å². The highest BCUT2D eigenvalue weighted by Crippen LogP contribution is 2.32. The van der Waals surface area contributed by atoms with E-state index in [9.17, 15) is 14.4 Å². The van der Waals surface area contributed by atoms with Gasteiger partial charge in [-0.1, -0.05) is 30.1 Å². The number of benzene rings is 1. The monoisotopic (exact) mass is 449 g/mol. The van der Waals surface area contributed by atoms with Gasteiger partial charge in [-0.05, 0) is 37.0 Å². The normalized spacial score (nSPS) is 19.2. The van der Waals surface area contributed by atoms with Crippen molar-refractivity contribution in [2.45, 2.75) is 32.1 Å². The molecule has 10 heteroatoms. The van der Waals surface area contributed by atoms with Crippen molar-refractivity contribution >= 4 is 52.5 Å². The molecule has 2 aliphatic rings. The van der Waals surface area contributed by atoms with Crippen molar-refractivity contribution < 1.29 is 9.59 Å². The van der Waals surface area contributed by atoms with E-state index in [2.05, 4.69) is 27.5 Å². The quantitative estimate of drug-likeness (QED) is 0.665. The predicted molar refractivity (Wildman–Crippen MR) is 117 cm³/mol. The minimum Gasteiger partial charge on any atom is -0.342 e. The summed E-state index contributed by atoms with van der Waals surface area (Å²) in [5, 5.41) is 5.98. The van der Waals surface area contributed by atoms with Crippen LogP contribution in [0.25, 0.3) is 0 Å². The molecule has 1 saturated heterocycles. The summed E-state index contributed by atoms with van der Waals surface area (Å²) in [4.78, 5) is 47.2.